The molecule has 396 valence electrons. The van der Waals surface area contributed by atoms with Gasteiger partial charge in [0.05, 0.1) is 29.1 Å². The molecule has 0 N–H and O–H groups in total. The van der Waals surface area contributed by atoms with Crippen molar-refractivity contribution in [2.75, 3.05) is 0 Å². The van der Waals surface area contributed by atoms with Gasteiger partial charge in [-0.3, -0.25) is 19.9 Å². The maximum Gasteiger partial charge on any atom is 0.0902 e. The van der Waals surface area contributed by atoms with Crippen molar-refractivity contribution in [3.63, 3.8) is 0 Å². The van der Waals surface area contributed by atoms with Crippen molar-refractivity contribution in [3.05, 3.63) is 182 Å². The number of rotatable bonds is 0. The number of thiophene rings is 1. The van der Waals surface area contributed by atoms with E-state index in [9.17, 15) is 0 Å². The van der Waals surface area contributed by atoms with Crippen LogP contribution in [0.25, 0.3) is 21.9 Å². The third-order valence-electron chi connectivity index (χ3n) is 4.96. The van der Waals surface area contributed by atoms with Gasteiger partial charge in [0, 0.05) is 36.4 Å². The molecule has 7 aromatic rings. The third-order valence-corrected chi connectivity index (χ3v) is 5.59. The lowest BCUT2D eigenvalue weighted by Gasteiger charge is -2.05. The fourth-order valence-electron chi connectivity index (χ4n) is 3.08. The molecule has 1 aliphatic carbocycles. The average molecular weight is 990 g/mol. The number of hydrogen-bond acceptors (Lipinski definition) is 6. The summed E-state index contributed by atoms with van der Waals surface area (Å²) in [6.07, 6.45) is 21.5. The summed E-state index contributed by atoms with van der Waals surface area (Å²) in [5.41, 5.74) is 5.96. The van der Waals surface area contributed by atoms with Crippen molar-refractivity contribution in [1.82, 2.24) is 19.9 Å². The topological polar surface area (TPSA) is 64.7 Å². The number of hydrogen-bond donors (Lipinski definition) is 0. The molecule has 0 atom stereocenters. The largest absolute Gasteiger partial charge is 0.473 e. The second-order valence-electron chi connectivity index (χ2n) is 25.9. The highest BCUT2D eigenvalue weighted by atomic mass is 32.1. The Morgan fingerprint density at radius 2 is 0.662 bits per heavy atom. The van der Waals surface area contributed by atoms with Crippen LogP contribution in [0.4, 0.5) is 0 Å². The zero-order chi connectivity index (χ0) is 55.5. The maximum atomic E-state index is 4.58. The van der Waals surface area contributed by atoms with E-state index in [-0.39, 0.29) is 0 Å². The van der Waals surface area contributed by atoms with Gasteiger partial charge in [0.25, 0.3) is 0 Å². The van der Waals surface area contributed by atoms with E-state index in [1.54, 1.807) is 48.7 Å². The van der Waals surface area contributed by atoms with Crippen molar-refractivity contribution in [1.29, 1.82) is 0 Å². The summed E-state index contributed by atoms with van der Waals surface area (Å²) >= 11 is 1.71. The Bertz CT molecular complexity index is 1760. The molecule has 0 aliphatic heterocycles. The van der Waals surface area contributed by atoms with Crippen LogP contribution < -0.4 is 0 Å². The second-order valence-corrected chi connectivity index (χ2v) is 26.8. The summed E-state index contributed by atoms with van der Waals surface area (Å²) in [5, 5.41) is 5.28. The van der Waals surface area contributed by atoms with Crippen LogP contribution in [0.15, 0.2) is 186 Å². The predicted molar refractivity (Wildman–Crippen MR) is 322 cm³/mol. The first-order valence-corrected chi connectivity index (χ1v) is 25.9. The van der Waals surface area contributed by atoms with Crippen LogP contribution in [0.2, 0.25) is 0 Å². The molecule has 0 unspecified atom stereocenters. The molecule has 71 heavy (non-hydrogen) atoms. The summed E-state index contributed by atoms with van der Waals surface area (Å²) < 4.78 is 4.58. The van der Waals surface area contributed by atoms with E-state index in [0.717, 1.165) is 23.0 Å². The highest BCUT2D eigenvalue weighted by Crippen LogP contribution is 2.11. The Hall–Kier alpha value is -5.20. The quantitative estimate of drug-likeness (QED) is 0.151. The molecule has 5 nitrogen and oxygen atoms in total. The number of para-hydroxylation sites is 3. The van der Waals surface area contributed by atoms with Gasteiger partial charge in [0.1, 0.15) is 0 Å². The van der Waals surface area contributed by atoms with Gasteiger partial charge in [-0.1, -0.05) is 245 Å². The summed E-state index contributed by atoms with van der Waals surface area (Å²) in [7, 11) is 0. The molecule has 0 radical (unpaired) electrons. The van der Waals surface area contributed by atoms with Gasteiger partial charge in [-0.25, -0.2) is 0 Å². The molecule has 6 heteroatoms. The highest BCUT2D eigenvalue weighted by Gasteiger charge is 1.98. The van der Waals surface area contributed by atoms with Crippen LogP contribution in [0.3, 0.4) is 0 Å². The van der Waals surface area contributed by atoms with Crippen LogP contribution in [0.5, 0.6) is 0 Å². The molecule has 5 aromatic heterocycles. The molecule has 0 amide bonds. The summed E-state index contributed by atoms with van der Waals surface area (Å²) in [6, 6.07) is 33.3. The zero-order valence-electron chi connectivity index (χ0n) is 49.6. The minimum atomic E-state index is 0.500. The van der Waals surface area contributed by atoms with Gasteiger partial charge < -0.3 is 4.42 Å². The van der Waals surface area contributed by atoms with Crippen molar-refractivity contribution >= 4 is 33.3 Å². The number of fused-ring (bicyclic) bond motifs is 2. The predicted octanol–water partition coefficient (Wildman–Crippen LogP) is 21.8. The third kappa shape index (κ3) is 95.2. The van der Waals surface area contributed by atoms with Crippen molar-refractivity contribution in [2.24, 2.45) is 32.5 Å². The molecule has 0 bridgehead atoms. The fourth-order valence-corrected chi connectivity index (χ4v) is 3.54. The smallest absolute Gasteiger partial charge is 0.0902 e. The minimum absolute atomic E-state index is 0.500. The average Bonchev–Trinajstić information content (AvgIpc) is 4.07. The van der Waals surface area contributed by atoms with E-state index >= 15 is 0 Å². The van der Waals surface area contributed by atoms with Gasteiger partial charge in [0.2, 0.25) is 0 Å². The number of furan rings is 1. The first kappa shape index (κ1) is 72.3. The Balaban J connectivity index is -0.000000350. The number of pyridine rings is 2. The van der Waals surface area contributed by atoms with E-state index in [4.69, 9.17) is 0 Å². The SMILES string of the molecule is C1=CCC=C1.CC(C)(C)C.CC(C)(C)C.CC(C)(C)C.CC(C)(C)C.CC(C)(C)C.CC(C)(C)C.c1ccc2ncccc2c1.c1ccc2nccnc2c1.c1ccncc1.c1ccoc1.c1ccsc1. The monoisotopic (exact) mass is 989 g/mol. The molecule has 0 fully saturated rings. The molecular weight excluding hydrogens is 885 g/mol. The normalized spacial score (nSPS) is 10.9. The highest BCUT2D eigenvalue weighted by molar-refractivity contribution is 7.07. The van der Waals surface area contributed by atoms with Crippen molar-refractivity contribution < 1.29 is 4.42 Å². The van der Waals surface area contributed by atoms with E-state index in [0.29, 0.717) is 32.5 Å². The van der Waals surface area contributed by atoms with Crippen LogP contribution >= 0.6 is 11.3 Å². The molecule has 2 aromatic carbocycles. The van der Waals surface area contributed by atoms with Crippen molar-refractivity contribution in [3.8, 4) is 0 Å². The van der Waals surface area contributed by atoms with Gasteiger partial charge >= 0.3 is 0 Å². The molecule has 0 saturated heterocycles. The number of benzene rings is 2. The molecular formula is C65H104N4OS. The number of allylic oxidation sites excluding steroid dienone is 4. The number of aromatic nitrogens is 4. The van der Waals surface area contributed by atoms with Crippen LogP contribution in [0.1, 0.15) is 173 Å². The van der Waals surface area contributed by atoms with E-state index in [2.05, 4.69) is 227 Å². The zero-order valence-corrected chi connectivity index (χ0v) is 50.4. The van der Waals surface area contributed by atoms with Gasteiger partial charge in [-0.2, -0.15) is 11.3 Å². The van der Waals surface area contributed by atoms with Gasteiger partial charge in [-0.15, -0.1) is 0 Å². The molecule has 5 heterocycles. The first-order chi connectivity index (χ1) is 32.4. The van der Waals surface area contributed by atoms with Crippen LogP contribution in [-0.2, 0) is 0 Å². The lowest BCUT2D eigenvalue weighted by atomic mass is 10.0. The number of nitrogens with zero attached hydrogens (tertiary/aromatic N) is 4. The van der Waals surface area contributed by atoms with Crippen LogP contribution in [-0.4, -0.2) is 19.9 Å². The molecule has 1 aliphatic rings. The van der Waals surface area contributed by atoms with Gasteiger partial charge in [0.15, 0.2) is 0 Å². The Morgan fingerprint density at radius 1 is 0.338 bits per heavy atom. The lowest BCUT2D eigenvalue weighted by molar-refractivity contribution is 0.469. The summed E-state index contributed by atoms with van der Waals surface area (Å²) in [5.74, 6) is 0. The maximum absolute atomic E-state index is 4.58. The van der Waals surface area contributed by atoms with E-state index in [1.807, 2.05) is 108 Å². The molecule has 0 saturated carbocycles. The Morgan fingerprint density at radius 3 is 0.901 bits per heavy atom. The minimum Gasteiger partial charge on any atom is -0.473 e. The van der Waals surface area contributed by atoms with Crippen LogP contribution in [0, 0.1) is 32.5 Å². The van der Waals surface area contributed by atoms with E-state index < -0.39 is 0 Å². The van der Waals surface area contributed by atoms with E-state index in [1.165, 1.54) is 5.39 Å². The Kier molecular flexibility index (Phi) is 42.2. The summed E-state index contributed by atoms with van der Waals surface area (Å²) in [6.45, 7) is 52.5. The molecule has 0 spiro atoms. The van der Waals surface area contributed by atoms with Crippen molar-refractivity contribution in [2.45, 2.75) is 173 Å². The lowest BCUT2D eigenvalue weighted by Crippen LogP contribution is -1.93. The fraction of sp³-hybridized carbons (Fsp3) is 0.477. The second kappa shape index (κ2) is 41.4. The molecule has 8 rings (SSSR count). The standard InChI is InChI=1S/C9H7N.C8H6N2.C5H5N.C5H6.6C5H12.C4H4O.C4H4S/c1-2-6-9-8(4-1)5-3-7-10-9;1-2-4-8-7(3-1)9-5-6-10-8;1-2-4-6-5-3-1;1-2-4-5-3-1;6*1-5(2,3)4;2*1-2-4-5-3-1/h1-7H;1-6H;1-5H;1-4H,5H2;6*1-4H3;2*1-4H. The summed E-state index contributed by atoms with van der Waals surface area (Å²) in [4.78, 5) is 16.2. The Labute approximate surface area is 442 Å². The first-order valence-electron chi connectivity index (χ1n) is 25.0. The van der Waals surface area contributed by atoms with Gasteiger partial charge in [-0.05, 0) is 98.2 Å².